The lowest BCUT2D eigenvalue weighted by atomic mass is 10.3. The second-order valence-electron chi connectivity index (χ2n) is 2.21. The molecule has 0 saturated heterocycles. The number of nitrogens with one attached hydrogen (secondary N) is 1. The first-order chi connectivity index (χ1) is 4.84. The van der Waals surface area contributed by atoms with E-state index in [9.17, 15) is 0 Å². The molecule has 1 aromatic heterocycles. The van der Waals surface area contributed by atoms with Crippen molar-refractivity contribution in [2.24, 2.45) is 0 Å². The summed E-state index contributed by atoms with van der Waals surface area (Å²) in [5.41, 5.74) is 2.11. The molecule has 0 unspecified atom stereocenters. The zero-order valence-electron chi connectivity index (χ0n) is 6.35. The van der Waals surface area contributed by atoms with E-state index < -0.39 is 0 Å². The van der Waals surface area contributed by atoms with Crippen LogP contribution in [0.25, 0.3) is 0 Å². The van der Waals surface area contributed by atoms with Crippen molar-refractivity contribution in [3.63, 3.8) is 0 Å². The van der Waals surface area contributed by atoms with E-state index in [0.29, 0.717) is 0 Å². The topological polar surface area (TPSA) is 38.1 Å². The predicted octanol–water partition coefficient (Wildman–Crippen LogP) is 1.09. The van der Waals surface area contributed by atoms with Gasteiger partial charge in [0.25, 0.3) is 0 Å². The van der Waals surface area contributed by atoms with Gasteiger partial charge >= 0.3 is 0 Å². The zero-order valence-corrected chi connectivity index (χ0v) is 6.35. The van der Waals surface area contributed by atoms with Gasteiger partial charge in [-0.25, -0.2) is 0 Å². The minimum absolute atomic E-state index is 0.853. The second-order valence-corrected chi connectivity index (χ2v) is 2.21. The summed E-state index contributed by atoms with van der Waals surface area (Å²) in [5.74, 6) is 0. The van der Waals surface area contributed by atoms with E-state index in [1.807, 2.05) is 6.92 Å². The summed E-state index contributed by atoms with van der Waals surface area (Å²) in [7, 11) is 0. The van der Waals surface area contributed by atoms with Gasteiger partial charge in [0, 0.05) is 12.1 Å². The van der Waals surface area contributed by atoms with Crippen molar-refractivity contribution in [3.8, 4) is 0 Å². The molecular formula is C7H12N2O. The first kappa shape index (κ1) is 7.28. The van der Waals surface area contributed by atoms with Crippen molar-refractivity contribution in [2.45, 2.75) is 20.4 Å². The summed E-state index contributed by atoms with van der Waals surface area (Å²) >= 11 is 0. The monoisotopic (exact) mass is 140 g/mol. The van der Waals surface area contributed by atoms with Gasteiger partial charge in [-0.15, -0.1) is 0 Å². The van der Waals surface area contributed by atoms with E-state index in [-0.39, 0.29) is 0 Å². The molecule has 0 spiro atoms. The average Bonchev–Trinajstić information content (AvgIpc) is 2.31. The summed E-state index contributed by atoms with van der Waals surface area (Å²) in [5, 5.41) is 6.95. The first-order valence-electron chi connectivity index (χ1n) is 3.45. The van der Waals surface area contributed by atoms with Gasteiger partial charge in [0.15, 0.2) is 0 Å². The number of rotatable bonds is 3. The molecule has 1 rings (SSSR count). The van der Waals surface area contributed by atoms with Crippen LogP contribution in [0.5, 0.6) is 0 Å². The number of aryl methyl sites for hydroxylation is 1. The maximum Gasteiger partial charge on any atom is 0.128 e. The molecule has 0 aliphatic heterocycles. The second kappa shape index (κ2) is 3.37. The van der Waals surface area contributed by atoms with Crippen molar-refractivity contribution in [3.05, 3.63) is 17.5 Å². The lowest BCUT2D eigenvalue weighted by Gasteiger charge is -1.96. The van der Waals surface area contributed by atoms with Crippen molar-refractivity contribution < 1.29 is 4.52 Å². The molecule has 3 nitrogen and oxygen atoms in total. The molecule has 10 heavy (non-hydrogen) atoms. The summed E-state index contributed by atoms with van der Waals surface area (Å²) in [6.07, 6.45) is 1.68. The highest BCUT2D eigenvalue weighted by atomic mass is 16.5. The van der Waals surface area contributed by atoms with E-state index in [1.54, 1.807) is 6.26 Å². The van der Waals surface area contributed by atoms with Crippen LogP contribution in [0, 0.1) is 6.92 Å². The molecule has 1 aromatic rings. The SMILES string of the molecule is CCNCc1conc1C. The highest BCUT2D eigenvalue weighted by Gasteiger charge is 1.99. The van der Waals surface area contributed by atoms with Crippen LogP contribution < -0.4 is 5.32 Å². The first-order valence-corrected chi connectivity index (χ1v) is 3.45. The van der Waals surface area contributed by atoms with E-state index >= 15 is 0 Å². The van der Waals surface area contributed by atoms with Crippen LogP contribution >= 0.6 is 0 Å². The van der Waals surface area contributed by atoms with Crippen LogP contribution in [-0.2, 0) is 6.54 Å². The molecule has 0 aliphatic rings. The molecule has 1 N–H and O–H groups in total. The van der Waals surface area contributed by atoms with Crippen LogP contribution in [0.1, 0.15) is 18.2 Å². The molecule has 56 valence electrons. The molecule has 3 heteroatoms. The van der Waals surface area contributed by atoms with E-state index in [4.69, 9.17) is 4.52 Å². The van der Waals surface area contributed by atoms with E-state index in [1.165, 1.54) is 0 Å². The van der Waals surface area contributed by atoms with Crippen molar-refractivity contribution in [2.75, 3.05) is 6.54 Å². The van der Waals surface area contributed by atoms with Gasteiger partial charge < -0.3 is 9.84 Å². The number of hydrogen-bond acceptors (Lipinski definition) is 3. The molecule has 0 saturated carbocycles. The fourth-order valence-corrected chi connectivity index (χ4v) is 0.742. The van der Waals surface area contributed by atoms with Gasteiger partial charge in [-0.05, 0) is 13.5 Å². The molecule has 0 fully saturated rings. The highest BCUT2D eigenvalue weighted by Crippen LogP contribution is 2.02. The molecule has 1 heterocycles. The lowest BCUT2D eigenvalue weighted by molar-refractivity contribution is 0.414. The minimum atomic E-state index is 0.853. The minimum Gasteiger partial charge on any atom is -0.364 e. The Bertz CT molecular complexity index is 195. The maximum atomic E-state index is 4.75. The zero-order chi connectivity index (χ0) is 7.40. The molecule has 0 atom stereocenters. The van der Waals surface area contributed by atoms with E-state index in [0.717, 1.165) is 24.3 Å². The van der Waals surface area contributed by atoms with Crippen LogP contribution in [0.4, 0.5) is 0 Å². The van der Waals surface area contributed by atoms with Gasteiger partial charge in [0.1, 0.15) is 6.26 Å². The van der Waals surface area contributed by atoms with Crippen molar-refractivity contribution >= 4 is 0 Å². The van der Waals surface area contributed by atoms with Crippen LogP contribution in [-0.4, -0.2) is 11.7 Å². The third kappa shape index (κ3) is 1.57. The van der Waals surface area contributed by atoms with Gasteiger partial charge in [-0.3, -0.25) is 0 Å². The van der Waals surface area contributed by atoms with Gasteiger partial charge in [0.05, 0.1) is 5.69 Å². The Kier molecular flexibility index (Phi) is 2.45. The smallest absolute Gasteiger partial charge is 0.128 e. The van der Waals surface area contributed by atoms with Crippen molar-refractivity contribution in [1.82, 2.24) is 10.5 Å². The Morgan fingerprint density at radius 1 is 1.70 bits per heavy atom. The van der Waals surface area contributed by atoms with Gasteiger partial charge in [0.2, 0.25) is 0 Å². The third-order valence-corrected chi connectivity index (χ3v) is 1.41. The summed E-state index contributed by atoms with van der Waals surface area (Å²) < 4.78 is 4.75. The fourth-order valence-electron chi connectivity index (χ4n) is 0.742. The Hall–Kier alpha value is -0.830. The highest BCUT2D eigenvalue weighted by molar-refractivity contribution is 5.11. The summed E-state index contributed by atoms with van der Waals surface area (Å²) in [4.78, 5) is 0. The lowest BCUT2D eigenvalue weighted by Crippen LogP contribution is -2.11. The standard InChI is InChI=1S/C7H12N2O/c1-3-8-4-7-5-10-9-6(7)2/h5,8H,3-4H2,1-2H3. The van der Waals surface area contributed by atoms with Gasteiger partial charge in [-0.2, -0.15) is 0 Å². The predicted molar refractivity (Wildman–Crippen MR) is 38.6 cm³/mol. The van der Waals surface area contributed by atoms with E-state index in [2.05, 4.69) is 17.4 Å². The largest absolute Gasteiger partial charge is 0.364 e. The summed E-state index contributed by atoms with van der Waals surface area (Å²) in [6.45, 7) is 5.84. The van der Waals surface area contributed by atoms with Crippen LogP contribution in [0.15, 0.2) is 10.8 Å². The molecular weight excluding hydrogens is 128 g/mol. The molecule has 0 radical (unpaired) electrons. The number of nitrogens with zero attached hydrogens (tertiary/aromatic N) is 1. The normalized spacial score (nSPS) is 10.2. The van der Waals surface area contributed by atoms with Gasteiger partial charge in [-0.1, -0.05) is 12.1 Å². The molecule has 0 aliphatic carbocycles. The maximum absolute atomic E-state index is 4.75. The fraction of sp³-hybridized carbons (Fsp3) is 0.571. The number of hydrogen-bond donors (Lipinski definition) is 1. The third-order valence-electron chi connectivity index (χ3n) is 1.41. The molecule has 0 amide bonds. The Balaban J connectivity index is 2.49. The molecule has 0 aromatic carbocycles. The average molecular weight is 140 g/mol. The Morgan fingerprint density at radius 3 is 3.00 bits per heavy atom. The quantitative estimate of drug-likeness (QED) is 0.683. The van der Waals surface area contributed by atoms with Crippen molar-refractivity contribution in [1.29, 1.82) is 0 Å². The van der Waals surface area contributed by atoms with Crippen LogP contribution in [0.2, 0.25) is 0 Å². The Morgan fingerprint density at radius 2 is 2.50 bits per heavy atom. The molecule has 0 bridgehead atoms. The Labute approximate surface area is 60.4 Å². The number of aromatic nitrogens is 1. The summed E-state index contributed by atoms with van der Waals surface area (Å²) in [6, 6.07) is 0. The van der Waals surface area contributed by atoms with Crippen LogP contribution in [0.3, 0.4) is 0 Å².